The number of benzene rings is 2. The lowest BCUT2D eigenvalue weighted by Gasteiger charge is -2.31. The highest BCUT2D eigenvalue weighted by atomic mass is 35.5. The average molecular weight is 543 g/mol. The molecular formula is C23H23Cl3FN5OS. The predicted molar refractivity (Wildman–Crippen MR) is 136 cm³/mol. The standard InChI is InChI=1S/C23H23Cl3FN5OS/c1-14(31-9-3-2-4-10-31)22-29-30-23(32(22)16-7-5-15(27)6-8-16)34-13-21(33)28-20-12-18(25)17(24)11-19(20)26/h5-8,11-12,14H,2-4,9-10,13H2,1H3,(H,28,33). The lowest BCUT2D eigenvalue weighted by Crippen LogP contribution is -2.33. The second kappa shape index (κ2) is 11.3. The molecule has 1 amide bonds. The molecule has 1 N–H and O–H groups in total. The number of aromatic nitrogens is 3. The molecular weight excluding hydrogens is 520 g/mol. The van der Waals surface area contributed by atoms with Crippen molar-refractivity contribution in [2.45, 2.75) is 37.4 Å². The summed E-state index contributed by atoms with van der Waals surface area (Å²) in [7, 11) is 0. The number of nitrogens with zero attached hydrogens (tertiary/aromatic N) is 4. The number of nitrogens with one attached hydrogen (secondary N) is 1. The molecule has 6 nitrogen and oxygen atoms in total. The van der Waals surface area contributed by atoms with E-state index in [2.05, 4.69) is 27.3 Å². The zero-order chi connectivity index (χ0) is 24.2. The van der Waals surface area contributed by atoms with Gasteiger partial charge in [-0.05, 0) is 69.3 Å². The number of likely N-dealkylation sites (tertiary alicyclic amines) is 1. The highest BCUT2D eigenvalue weighted by molar-refractivity contribution is 7.99. The van der Waals surface area contributed by atoms with Crippen LogP contribution in [-0.4, -0.2) is 44.4 Å². The van der Waals surface area contributed by atoms with Crippen LogP contribution in [-0.2, 0) is 4.79 Å². The van der Waals surface area contributed by atoms with Gasteiger partial charge in [0.1, 0.15) is 5.82 Å². The highest BCUT2D eigenvalue weighted by Crippen LogP contribution is 2.33. The summed E-state index contributed by atoms with van der Waals surface area (Å²) in [4.78, 5) is 15.0. The lowest BCUT2D eigenvalue weighted by molar-refractivity contribution is -0.113. The zero-order valence-corrected chi connectivity index (χ0v) is 21.5. The summed E-state index contributed by atoms with van der Waals surface area (Å²) in [6.45, 7) is 4.09. The Morgan fingerprint density at radius 1 is 1.06 bits per heavy atom. The minimum Gasteiger partial charge on any atom is -0.324 e. The number of thioether (sulfide) groups is 1. The summed E-state index contributed by atoms with van der Waals surface area (Å²) in [6, 6.07) is 9.18. The number of rotatable bonds is 7. The molecule has 1 saturated heterocycles. The van der Waals surface area contributed by atoms with Gasteiger partial charge in [0, 0.05) is 5.69 Å². The van der Waals surface area contributed by atoms with Crippen LogP contribution in [0.1, 0.15) is 38.1 Å². The number of halogens is 4. The van der Waals surface area contributed by atoms with Gasteiger partial charge in [-0.1, -0.05) is 53.0 Å². The van der Waals surface area contributed by atoms with Crippen molar-refractivity contribution >= 4 is 58.2 Å². The van der Waals surface area contributed by atoms with Gasteiger partial charge in [0.2, 0.25) is 5.91 Å². The Bertz CT molecular complexity index is 1170. The van der Waals surface area contributed by atoms with Crippen LogP contribution >= 0.6 is 46.6 Å². The number of amides is 1. The molecule has 4 rings (SSSR count). The molecule has 0 saturated carbocycles. The third kappa shape index (κ3) is 5.86. The first-order valence-corrected chi connectivity index (χ1v) is 13.0. The molecule has 1 aromatic heterocycles. The lowest BCUT2D eigenvalue weighted by atomic mass is 10.1. The maximum Gasteiger partial charge on any atom is 0.234 e. The predicted octanol–water partition coefficient (Wildman–Crippen LogP) is 6.64. The summed E-state index contributed by atoms with van der Waals surface area (Å²) < 4.78 is 15.5. The van der Waals surface area contributed by atoms with Gasteiger partial charge in [-0.3, -0.25) is 14.3 Å². The van der Waals surface area contributed by atoms with Crippen molar-refractivity contribution in [3.8, 4) is 5.69 Å². The fourth-order valence-electron chi connectivity index (χ4n) is 3.88. The second-order valence-corrected chi connectivity index (χ2v) is 10.2. The van der Waals surface area contributed by atoms with Crippen molar-refractivity contribution in [2.24, 2.45) is 0 Å². The minimum absolute atomic E-state index is 0.0241. The number of piperidine rings is 1. The quantitative estimate of drug-likeness (QED) is 0.268. The van der Waals surface area contributed by atoms with Gasteiger partial charge < -0.3 is 5.32 Å². The summed E-state index contributed by atoms with van der Waals surface area (Å²) in [6.07, 6.45) is 3.52. The van der Waals surface area contributed by atoms with E-state index < -0.39 is 0 Å². The molecule has 11 heteroatoms. The van der Waals surface area contributed by atoms with Gasteiger partial charge in [0.15, 0.2) is 11.0 Å². The van der Waals surface area contributed by atoms with Crippen molar-refractivity contribution in [1.82, 2.24) is 19.7 Å². The molecule has 34 heavy (non-hydrogen) atoms. The maximum atomic E-state index is 13.6. The fraction of sp³-hybridized carbons (Fsp3) is 0.348. The zero-order valence-electron chi connectivity index (χ0n) is 18.4. The van der Waals surface area contributed by atoms with Crippen molar-refractivity contribution in [1.29, 1.82) is 0 Å². The topological polar surface area (TPSA) is 63.1 Å². The molecule has 180 valence electrons. The van der Waals surface area contributed by atoms with Crippen LogP contribution in [0.15, 0.2) is 41.6 Å². The first kappa shape index (κ1) is 25.3. The molecule has 0 spiro atoms. The van der Waals surface area contributed by atoms with E-state index in [1.54, 1.807) is 12.1 Å². The molecule has 0 radical (unpaired) electrons. The number of carbonyl (C=O) groups is 1. The fourth-order valence-corrected chi connectivity index (χ4v) is 5.23. The number of anilines is 1. The Labute approximate surface area is 216 Å². The molecule has 1 aliphatic heterocycles. The first-order valence-electron chi connectivity index (χ1n) is 10.9. The molecule has 3 aromatic rings. The minimum atomic E-state index is -0.325. The van der Waals surface area contributed by atoms with Crippen molar-refractivity contribution in [3.05, 3.63) is 63.1 Å². The third-order valence-corrected chi connectivity index (χ3v) is 7.64. The van der Waals surface area contributed by atoms with E-state index in [1.165, 1.54) is 42.4 Å². The number of hydrogen-bond donors (Lipinski definition) is 1. The van der Waals surface area contributed by atoms with E-state index in [1.807, 2.05) is 4.57 Å². The summed E-state index contributed by atoms with van der Waals surface area (Å²) in [5, 5.41) is 13.0. The Kier molecular flexibility index (Phi) is 8.37. The largest absolute Gasteiger partial charge is 0.324 e. The molecule has 1 fully saturated rings. The van der Waals surface area contributed by atoms with Crippen LogP contribution in [0.3, 0.4) is 0 Å². The average Bonchev–Trinajstić information content (AvgIpc) is 3.25. The van der Waals surface area contributed by atoms with Gasteiger partial charge in [-0.25, -0.2) is 4.39 Å². The molecule has 1 unspecified atom stereocenters. The van der Waals surface area contributed by atoms with Crippen LogP contribution in [0.25, 0.3) is 5.69 Å². The summed E-state index contributed by atoms with van der Waals surface area (Å²) in [5.41, 5.74) is 1.11. The summed E-state index contributed by atoms with van der Waals surface area (Å²) >= 11 is 19.4. The Hall–Kier alpha value is -1.84. The number of carbonyl (C=O) groups excluding carboxylic acids is 1. The Balaban J connectivity index is 1.55. The van der Waals surface area contributed by atoms with E-state index in [0.717, 1.165) is 37.4 Å². The van der Waals surface area contributed by atoms with E-state index >= 15 is 0 Å². The Morgan fingerprint density at radius 2 is 1.74 bits per heavy atom. The van der Waals surface area contributed by atoms with Crippen LogP contribution in [0.2, 0.25) is 15.1 Å². The molecule has 2 aromatic carbocycles. The molecule has 1 aliphatic rings. The van der Waals surface area contributed by atoms with Crippen molar-refractivity contribution in [3.63, 3.8) is 0 Å². The number of hydrogen-bond acceptors (Lipinski definition) is 5. The van der Waals surface area contributed by atoms with Gasteiger partial charge >= 0.3 is 0 Å². The van der Waals surface area contributed by atoms with Gasteiger partial charge in [-0.15, -0.1) is 10.2 Å². The second-order valence-electron chi connectivity index (χ2n) is 8.01. The van der Waals surface area contributed by atoms with Crippen molar-refractivity contribution in [2.75, 3.05) is 24.2 Å². The molecule has 2 heterocycles. The smallest absolute Gasteiger partial charge is 0.234 e. The first-order chi connectivity index (χ1) is 16.3. The molecule has 1 atom stereocenters. The Morgan fingerprint density at radius 3 is 2.44 bits per heavy atom. The van der Waals surface area contributed by atoms with Crippen LogP contribution < -0.4 is 5.32 Å². The van der Waals surface area contributed by atoms with Gasteiger partial charge in [0.25, 0.3) is 0 Å². The van der Waals surface area contributed by atoms with Gasteiger partial charge in [-0.2, -0.15) is 0 Å². The molecule has 0 bridgehead atoms. The monoisotopic (exact) mass is 541 g/mol. The van der Waals surface area contributed by atoms with Crippen molar-refractivity contribution < 1.29 is 9.18 Å². The maximum absolute atomic E-state index is 13.6. The van der Waals surface area contributed by atoms with E-state index in [-0.39, 0.29) is 23.5 Å². The normalized spacial score (nSPS) is 15.3. The summed E-state index contributed by atoms with van der Waals surface area (Å²) in [5.74, 6) is 0.205. The van der Waals surface area contributed by atoms with Crippen LogP contribution in [0.5, 0.6) is 0 Å². The molecule has 0 aliphatic carbocycles. The van der Waals surface area contributed by atoms with Crippen LogP contribution in [0, 0.1) is 5.82 Å². The highest BCUT2D eigenvalue weighted by Gasteiger charge is 2.26. The van der Waals surface area contributed by atoms with E-state index in [0.29, 0.717) is 25.9 Å². The van der Waals surface area contributed by atoms with Crippen LogP contribution in [0.4, 0.5) is 10.1 Å². The van der Waals surface area contributed by atoms with Gasteiger partial charge in [0.05, 0.1) is 32.5 Å². The van der Waals surface area contributed by atoms with E-state index in [4.69, 9.17) is 34.8 Å². The van der Waals surface area contributed by atoms with E-state index in [9.17, 15) is 9.18 Å². The SMILES string of the molecule is CC(c1nnc(SCC(=O)Nc2cc(Cl)c(Cl)cc2Cl)n1-c1ccc(F)cc1)N1CCCCC1. The third-order valence-electron chi connectivity index (χ3n) is 5.67.